The molecule has 0 aliphatic heterocycles. The van der Waals surface area contributed by atoms with Crippen molar-refractivity contribution in [2.45, 2.75) is 165 Å². The van der Waals surface area contributed by atoms with Gasteiger partial charge in [-0.15, -0.1) is 0 Å². The minimum atomic E-state index is 0. The van der Waals surface area contributed by atoms with Gasteiger partial charge in [0.1, 0.15) is 0 Å². The second-order valence-corrected chi connectivity index (χ2v) is 11.4. The first-order valence-corrected chi connectivity index (χ1v) is 15.1. The van der Waals surface area contributed by atoms with E-state index in [1.807, 2.05) is 14.1 Å². The van der Waals surface area contributed by atoms with Crippen LogP contribution in [0.15, 0.2) is 0 Å². The summed E-state index contributed by atoms with van der Waals surface area (Å²) in [5.41, 5.74) is 0. The van der Waals surface area contributed by atoms with Gasteiger partial charge in [-0.2, -0.15) is 0 Å². The molecule has 0 atom stereocenters. The van der Waals surface area contributed by atoms with Gasteiger partial charge < -0.3 is 10.6 Å². The summed E-state index contributed by atoms with van der Waals surface area (Å²) >= 11 is 0. The predicted molar refractivity (Wildman–Crippen MR) is 163 cm³/mol. The maximum absolute atomic E-state index is 3.18. The lowest BCUT2D eigenvalue weighted by Crippen LogP contribution is -2.07. The maximum Gasteiger partial charge on any atom is -0.00519 e. The Balaban J connectivity index is -0.000000196. The van der Waals surface area contributed by atoms with Crippen LogP contribution in [0.5, 0.6) is 0 Å². The molecule has 0 aromatic heterocycles. The number of hydrogen-bond acceptors (Lipinski definition) is 2. The molecule has 0 radical (unpaired) electrons. The van der Waals surface area contributed by atoms with Gasteiger partial charge in [-0.3, -0.25) is 0 Å². The molecule has 0 amide bonds. The fraction of sp³-hybridized carbons (Fsp3) is 1.00. The van der Waals surface area contributed by atoms with Crippen LogP contribution in [0, 0.1) is 17.8 Å². The fourth-order valence-corrected chi connectivity index (χ4v) is 3.75. The maximum atomic E-state index is 3.18. The zero-order chi connectivity index (χ0) is 25.6. The van der Waals surface area contributed by atoms with Crippen LogP contribution in [0.4, 0.5) is 0 Å². The van der Waals surface area contributed by atoms with E-state index in [0.29, 0.717) is 0 Å². The van der Waals surface area contributed by atoms with Crippen LogP contribution in [-0.4, -0.2) is 27.2 Å². The van der Waals surface area contributed by atoms with E-state index in [-0.39, 0.29) is 7.43 Å². The quantitative estimate of drug-likeness (QED) is 0.158. The molecule has 0 saturated heterocycles. The SMILES string of the molecule is C.CCCCCCCCC(C)C.CNCCCCCC(C)C.CNCCCCCCCC(C)C. The molecule has 2 N–H and O–H groups in total. The Kier molecular flexibility index (Phi) is 45.3. The van der Waals surface area contributed by atoms with Gasteiger partial charge in [0, 0.05) is 0 Å². The highest BCUT2D eigenvalue weighted by molar-refractivity contribution is 4.50. The third-order valence-electron chi connectivity index (χ3n) is 6.05. The van der Waals surface area contributed by atoms with Crippen molar-refractivity contribution in [1.82, 2.24) is 10.6 Å². The second kappa shape index (κ2) is 37.5. The van der Waals surface area contributed by atoms with Gasteiger partial charge in [0.15, 0.2) is 0 Å². The Bertz CT molecular complexity index is 299. The molecule has 0 aromatic carbocycles. The molecular formula is C32H74N2. The van der Waals surface area contributed by atoms with E-state index in [1.54, 1.807) is 0 Å². The van der Waals surface area contributed by atoms with Crippen LogP contribution in [0.3, 0.4) is 0 Å². The highest BCUT2D eigenvalue weighted by Crippen LogP contribution is 2.11. The molecular weight excluding hydrogens is 412 g/mol. The predicted octanol–water partition coefficient (Wildman–Crippen LogP) is 10.7. The molecule has 0 saturated carbocycles. The highest BCUT2D eigenvalue weighted by atomic mass is 14.8. The lowest BCUT2D eigenvalue weighted by molar-refractivity contribution is 0.513. The average molecular weight is 487 g/mol. The van der Waals surface area contributed by atoms with Crippen molar-refractivity contribution in [3.05, 3.63) is 0 Å². The molecule has 0 unspecified atom stereocenters. The van der Waals surface area contributed by atoms with E-state index in [4.69, 9.17) is 0 Å². The van der Waals surface area contributed by atoms with E-state index < -0.39 is 0 Å². The molecule has 0 spiro atoms. The topological polar surface area (TPSA) is 24.1 Å². The van der Waals surface area contributed by atoms with Gasteiger partial charge in [0.25, 0.3) is 0 Å². The van der Waals surface area contributed by atoms with Crippen molar-refractivity contribution < 1.29 is 0 Å². The molecule has 34 heavy (non-hydrogen) atoms. The number of rotatable bonds is 21. The fourth-order valence-electron chi connectivity index (χ4n) is 3.75. The highest BCUT2D eigenvalue weighted by Gasteiger charge is 1.95. The summed E-state index contributed by atoms with van der Waals surface area (Å²) < 4.78 is 0. The molecule has 0 aromatic rings. The van der Waals surface area contributed by atoms with Crippen molar-refractivity contribution in [1.29, 1.82) is 0 Å². The van der Waals surface area contributed by atoms with Crippen molar-refractivity contribution in [3.63, 3.8) is 0 Å². The number of hydrogen-bond donors (Lipinski definition) is 2. The van der Waals surface area contributed by atoms with Crippen LogP contribution in [-0.2, 0) is 0 Å². The molecule has 0 rings (SSSR count). The van der Waals surface area contributed by atoms with Crippen molar-refractivity contribution >= 4 is 0 Å². The van der Waals surface area contributed by atoms with Crippen molar-refractivity contribution in [2.75, 3.05) is 27.2 Å². The Hall–Kier alpha value is -0.0800. The minimum absolute atomic E-state index is 0. The van der Waals surface area contributed by atoms with Gasteiger partial charge in [0.05, 0.1) is 0 Å². The first-order chi connectivity index (χ1) is 15.8. The molecule has 0 aliphatic rings. The summed E-state index contributed by atoms with van der Waals surface area (Å²) in [7, 11) is 4.04. The lowest BCUT2D eigenvalue weighted by Gasteiger charge is -2.03. The first kappa shape index (κ1) is 41.1. The number of unbranched alkanes of at least 4 members (excludes halogenated alkanes) is 11. The standard InChI is InChI=1S/C11H25N.C11H24.C9H21N.CH4/c1-11(2)9-7-5-4-6-8-10-12-3;1-4-5-6-7-8-9-10-11(2)3;1-9(2)7-5-4-6-8-10-3;/h11-12H,4-10H2,1-3H3;11H,4-10H2,1-3H3;9-10H,4-8H2,1-3H3;1H4. The largest absolute Gasteiger partial charge is 0.320 e. The molecule has 2 nitrogen and oxygen atoms in total. The third kappa shape index (κ3) is 53.3. The van der Waals surface area contributed by atoms with E-state index in [9.17, 15) is 0 Å². The van der Waals surface area contributed by atoms with E-state index in [2.05, 4.69) is 59.1 Å². The first-order valence-electron chi connectivity index (χ1n) is 15.1. The normalized spacial score (nSPS) is 10.6. The van der Waals surface area contributed by atoms with Gasteiger partial charge >= 0.3 is 0 Å². The molecule has 2 heteroatoms. The van der Waals surface area contributed by atoms with Crippen LogP contribution in [0.2, 0.25) is 0 Å². The smallest absolute Gasteiger partial charge is 0.00519 e. The van der Waals surface area contributed by atoms with Crippen molar-refractivity contribution in [3.8, 4) is 0 Å². The minimum Gasteiger partial charge on any atom is -0.320 e. The van der Waals surface area contributed by atoms with Crippen LogP contribution in [0.1, 0.15) is 165 Å². The van der Waals surface area contributed by atoms with E-state index >= 15 is 0 Å². The summed E-state index contributed by atoms with van der Waals surface area (Å²) in [5.74, 6) is 2.68. The third-order valence-corrected chi connectivity index (χ3v) is 6.05. The molecule has 0 bridgehead atoms. The number of nitrogens with one attached hydrogen (secondary N) is 2. The summed E-state index contributed by atoms with van der Waals surface area (Å²) in [6.07, 6.45) is 24.0. The Morgan fingerprint density at radius 1 is 0.412 bits per heavy atom. The van der Waals surface area contributed by atoms with E-state index in [0.717, 1.165) is 17.8 Å². The Labute approximate surface area is 220 Å². The van der Waals surface area contributed by atoms with Gasteiger partial charge in [-0.1, -0.05) is 152 Å². The van der Waals surface area contributed by atoms with Crippen LogP contribution >= 0.6 is 0 Å². The molecule has 0 fully saturated rings. The van der Waals surface area contributed by atoms with Gasteiger partial charge in [0.2, 0.25) is 0 Å². The van der Waals surface area contributed by atoms with Crippen molar-refractivity contribution in [2.24, 2.45) is 17.8 Å². The Morgan fingerprint density at radius 2 is 0.676 bits per heavy atom. The second-order valence-electron chi connectivity index (χ2n) is 11.4. The molecule has 212 valence electrons. The van der Waals surface area contributed by atoms with E-state index in [1.165, 1.54) is 122 Å². The zero-order valence-electron chi connectivity index (χ0n) is 25.2. The summed E-state index contributed by atoms with van der Waals surface area (Å²) in [6.45, 7) is 18.5. The van der Waals surface area contributed by atoms with Crippen LogP contribution < -0.4 is 10.6 Å². The lowest BCUT2D eigenvalue weighted by atomic mass is 10.0. The Morgan fingerprint density at radius 3 is 0.971 bits per heavy atom. The summed E-state index contributed by atoms with van der Waals surface area (Å²) in [5, 5.41) is 6.33. The summed E-state index contributed by atoms with van der Waals surface area (Å²) in [4.78, 5) is 0. The molecule has 0 aliphatic carbocycles. The monoisotopic (exact) mass is 487 g/mol. The molecule has 0 heterocycles. The average Bonchev–Trinajstić information content (AvgIpc) is 2.76. The zero-order valence-corrected chi connectivity index (χ0v) is 25.2. The summed E-state index contributed by atoms with van der Waals surface area (Å²) in [6, 6.07) is 0. The van der Waals surface area contributed by atoms with Gasteiger partial charge in [-0.05, 0) is 57.8 Å². The van der Waals surface area contributed by atoms with Gasteiger partial charge in [-0.25, -0.2) is 0 Å². The van der Waals surface area contributed by atoms with Crippen LogP contribution in [0.25, 0.3) is 0 Å².